The molecule has 0 aromatic heterocycles. The highest BCUT2D eigenvalue weighted by atomic mass is 16.7. The number of benzene rings is 3. The molecule has 0 unspecified atom stereocenters. The van der Waals surface area contributed by atoms with Crippen LogP contribution in [0.3, 0.4) is 0 Å². The van der Waals surface area contributed by atoms with Crippen LogP contribution < -0.4 is 14.8 Å². The van der Waals surface area contributed by atoms with Crippen LogP contribution in [0, 0.1) is 0 Å². The fourth-order valence-electron chi connectivity index (χ4n) is 4.08. The van der Waals surface area contributed by atoms with Crippen molar-refractivity contribution in [2.75, 3.05) is 46.3 Å². The summed E-state index contributed by atoms with van der Waals surface area (Å²) in [5.41, 5.74) is 5.14. The van der Waals surface area contributed by atoms with Crippen LogP contribution in [0.15, 0.2) is 73.3 Å². The average molecular weight is 506 g/mol. The van der Waals surface area contributed by atoms with Gasteiger partial charge < -0.3 is 29.0 Å². The van der Waals surface area contributed by atoms with E-state index in [0.717, 1.165) is 28.7 Å². The van der Waals surface area contributed by atoms with Crippen LogP contribution in [0.2, 0.25) is 0 Å². The van der Waals surface area contributed by atoms with E-state index in [1.807, 2.05) is 48.5 Å². The van der Waals surface area contributed by atoms with Crippen LogP contribution in [0.25, 0.3) is 11.1 Å². The van der Waals surface area contributed by atoms with Crippen LogP contribution in [0.1, 0.15) is 28.4 Å². The van der Waals surface area contributed by atoms with E-state index in [9.17, 15) is 4.79 Å². The Bertz CT molecular complexity index is 1160. The lowest BCUT2D eigenvalue weighted by Crippen LogP contribution is -2.12. The number of carbonyl (C=O) groups excluding carboxylic acids is 1. The number of hydrogen-bond acceptors (Lipinski definition) is 6. The molecule has 0 radical (unpaired) electrons. The summed E-state index contributed by atoms with van der Waals surface area (Å²) in [5.74, 6) is 1.12. The minimum absolute atomic E-state index is 0.0685. The van der Waals surface area contributed by atoms with Crippen molar-refractivity contribution in [2.24, 2.45) is 0 Å². The van der Waals surface area contributed by atoms with Crippen molar-refractivity contribution in [2.45, 2.75) is 19.8 Å². The van der Waals surface area contributed by atoms with Gasteiger partial charge in [0.05, 0.1) is 13.2 Å². The Balaban J connectivity index is 2.09. The molecule has 3 aromatic carbocycles. The summed E-state index contributed by atoms with van der Waals surface area (Å²) in [7, 11) is 3.16. The molecule has 1 N–H and O–H groups in total. The molecular formula is C30H35NO6. The van der Waals surface area contributed by atoms with E-state index in [-0.39, 0.29) is 19.5 Å². The van der Waals surface area contributed by atoms with Gasteiger partial charge in [-0.1, -0.05) is 43.3 Å². The van der Waals surface area contributed by atoms with Gasteiger partial charge in [-0.15, -0.1) is 6.58 Å². The van der Waals surface area contributed by atoms with Gasteiger partial charge in [0.25, 0.3) is 5.91 Å². The number of nitrogens with one attached hydrogen (secondary N) is 1. The van der Waals surface area contributed by atoms with Gasteiger partial charge in [-0.3, -0.25) is 4.79 Å². The molecule has 0 saturated heterocycles. The number of hydrogen-bond donors (Lipinski definition) is 1. The molecule has 3 rings (SSSR count). The Morgan fingerprint density at radius 3 is 2.32 bits per heavy atom. The van der Waals surface area contributed by atoms with E-state index in [0.29, 0.717) is 42.4 Å². The predicted octanol–water partition coefficient (Wildman–Crippen LogP) is 5.88. The van der Waals surface area contributed by atoms with Gasteiger partial charge in [-0.2, -0.15) is 0 Å². The number of methoxy groups -OCH3 is 2. The molecule has 0 aliphatic heterocycles. The third-order valence-electron chi connectivity index (χ3n) is 5.67. The molecule has 3 aromatic rings. The van der Waals surface area contributed by atoms with E-state index >= 15 is 0 Å². The van der Waals surface area contributed by atoms with Crippen LogP contribution in [-0.4, -0.2) is 46.9 Å². The van der Waals surface area contributed by atoms with Crippen LogP contribution in [0.5, 0.6) is 11.5 Å². The minimum Gasteiger partial charge on any atom is -0.467 e. The fraction of sp³-hybridized carbons (Fsp3) is 0.300. The van der Waals surface area contributed by atoms with E-state index in [1.165, 1.54) is 0 Å². The van der Waals surface area contributed by atoms with Gasteiger partial charge in [-0.25, -0.2) is 0 Å². The highest BCUT2D eigenvalue weighted by molar-refractivity contribution is 6.04. The first-order valence-electron chi connectivity index (χ1n) is 12.2. The van der Waals surface area contributed by atoms with Crippen molar-refractivity contribution < 1.29 is 28.5 Å². The number of amides is 1. The van der Waals surface area contributed by atoms with Gasteiger partial charge in [0.15, 0.2) is 13.6 Å². The smallest absolute Gasteiger partial charge is 0.255 e. The maximum atomic E-state index is 12.8. The highest BCUT2D eigenvalue weighted by Crippen LogP contribution is 2.42. The molecule has 196 valence electrons. The summed E-state index contributed by atoms with van der Waals surface area (Å²) < 4.78 is 28.1. The first-order valence-corrected chi connectivity index (χ1v) is 12.2. The fourth-order valence-corrected chi connectivity index (χ4v) is 4.08. The van der Waals surface area contributed by atoms with Crippen molar-refractivity contribution in [3.63, 3.8) is 0 Å². The maximum Gasteiger partial charge on any atom is 0.255 e. The quantitative estimate of drug-likeness (QED) is 0.158. The van der Waals surface area contributed by atoms with Gasteiger partial charge in [0.1, 0.15) is 11.5 Å². The SMILES string of the molecule is C=CCOCCc1c(CC)c(OCOC)cc(OCOC)c1-c1cccc(NC(=O)c2ccccc2)c1. The van der Waals surface area contributed by atoms with Crippen molar-refractivity contribution in [3.05, 3.63) is 90.0 Å². The third kappa shape index (κ3) is 7.67. The predicted molar refractivity (Wildman–Crippen MR) is 145 cm³/mol. The van der Waals surface area contributed by atoms with Crippen LogP contribution in [-0.2, 0) is 27.1 Å². The van der Waals surface area contributed by atoms with E-state index in [2.05, 4.69) is 18.8 Å². The molecule has 1 amide bonds. The summed E-state index contributed by atoms with van der Waals surface area (Å²) in [4.78, 5) is 12.8. The monoisotopic (exact) mass is 505 g/mol. The zero-order chi connectivity index (χ0) is 26.5. The minimum atomic E-state index is -0.177. The molecule has 0 atom stereocenters. The molecule has 0 aliphatic carbocycles. The number of ether oxygens (including phenoxy) is 5. The molecule has 0 aliphatic rings. The molecule has 7 heteroatoms. The number of rotatable bonds is 15. The van der Waals surface area contributed by atoms with Gasteiger partial charge in [-0.05, 0) is 53.8 Å². The van der Waals surface area contributed by atoms with Crippen molar-refractivity contribution in [1.29, 1.82) is 0 Å². The highest BCUT2D eigenvalue weighted by Gasteiger charge is 2.21. The van der Waals surface area contributed by atoms with Gasteiger partial charge in [0.2, 0.25) is 0 Å². The summed E-state index contributed by atoms with van der Waals surface area (Å²) in [6, 6.07) is 18.7. The van der Waals surface area contributed by atoms with Crippen molar-refractivity contribution in [3.8, 4) is 22.6 Å². The molecule has 0 saturated carbocycles. The molecule has 0 fully saturated rings. The second-order valence-electron chi connectivity index (χ2n) is 8.17. The largest absolute Gasteiger partial charge is 0.467 e. The van der Waals surface area contributed by atoms with E-state index in [4.69, 9.17) is 23.7 Å². The molecule has 7 nitrogen and oxygen atoms in total. The zero-order valence-electron chi connectivity index (χ0n) is 21.8. The molecule has 0 bridgehead atoms. The second kappa shape index (κ2) is 14.8. The Hall–Kier alpha value is -3.65. The first kappa shape index (κ1) is 27.9. The topological polar surface area (TPSA) is 75.2 Å². The van der Waals surface area contributed by atoms with Crippen LogP contribution in [0.4, 0.5) is 5.69 Å². The Morgan fingerprint density at radius 1 is 0.919 bits per heavy atom. The Kier molecular flexibility index (Phi) is 11.2. The molecule has 0 heterocycles. The standard InChI is InChI=1S/C30H35NO6/c1-5-16-35-17-15-26-25(6-2)27(36-20-33-3)19-28(37-21-34-4)29(26)23-13-10-14-24(18-23)31-30(32)22-11-8-7-9-12-22/h5,7-14,18-19H,1,6,15-17,20-21H2,2-4H3,(H,31,32). The lowest BCUT2D eigenvalue weighted by Gasteiger charge is -2.22. The lowest BCUT2D eigenvalue weighted by atomic mass is 9.90. The van der Waals surface area contributed by atoms with E-state index in [1.54, 1.807) is 32.4 Å². The summed E-state index contributed by atoms with van der Waals surface area (Å²) in [5, 5.41) is 3.00. The summed E-state index contributed by atoms with van der Waals surface area (Å²) in [6.07, 6.45) is 3.09. The Labute approximate surface area is 219 Å². The molecule has 37 heavy (non-hydrogen) atoms. The van der Waals surface area contributed by atoms with Gasteiger partial charge >= 0.3 is 0 Å². The molecular weight excluding hydrogens is 470 g/mol. The lowest BCUT2D eigenvalue weighted by molar-refractivity contribution is 0.0457. The maximum absolute atomic E-state index is 12.8. The second-order valence-corrected chi connectivity index (χ2v) is 8.17. The van der Waals surface area contributed by atoms with E-state index < -0.39 is 0 Å². The number of carbonyl (C=O) groups is 1. The normalized spacial score (nSPS) is 10.7. The summed E-state index contributed by atoms with van der Waals surface area (Å²) >= 11 is 0. The third-order valence-corrected chi connectivity index (χ3v) is 5.67. The van der Waals surface area contributed by atoms with Crippen LogP contribution >= 0.6 is 0 Å². The summed E-state index contributed by atoms with van der Waals surface area (Å²) in [6.45, 7) is 6.95. The van der Waals surface area contributed by atoms with Crippen molar-refractivity contribution >= 4 is 11.6 Å². The zero-order valence-corrected chi connectivity index (χ0v) is 21.8. The Morgan fingerprint density at radius 2 is 1.65 bits per heavy atom. The average Bonchev–Trinajstić information content (AvgIpc) is 2.93. The van der Waals surface area contributed by atoms with Crippen molar-refractivity contribution in [1.82, 2.24) is 0 Å². The van der Waals surface area contributed by atoms with Gasteiger partial charge in [0, 0.05) is 37.1 Å². The molecule has 0 spiro atoms. The number of anilines is 1. The first-order chi connectivity index (χ1) is 18.1.